The van der Waals surface area contributed by atoms with Gasteiger partial charge in [0.05, 0.1) is 12.1 Å². The smallest absolute Gasteiger partial charge is 0.383 e. The number of carbonyl (C=O) groups is 1. The van der Waals surface area contributed by atoms with Crippen LogP contribution in [-0.2, 0) is 17.5 Å². The first-order valence-corrected chi connectivity index (χ1v) is 12.1. The molecule has 5 N–H and O–H groups in total. The van der Waals surface area contributed by atoms with Crippen LogP contribution in [-0.4, -0.2) is 66.7 Å². The van der Waals surface area contributed by atoms with Crippen LogP contribution < -0.4 is 16.4 Å². The first kappa shape index (κ1) is 27.1. The molecule has 1 fully saturated rings. The Hall–Kier alpha value is -3.96. The number of anilines is 3. The summed E-state index contributed by atoms with van der Waals surface area (Å²) in [6, 6.07) is 12.9. The van der Waals surface area contributed by atoms with Gasteiger partial charge >= 0.3 is 6.18 Å². The number of nitrogens with two attached hydrogens (primary N) is 1. The average Bonchev–Trinajstić information content (AvgIpc) is 2.89. The number of nitrogens with zero attached hydrogens (tertiary/aromatic N) is 3. The molecule has 0 bridgehead atoms. The fourth-order valence-electron chi connectivity index (χ4n) is 4.24. The van der Waals surface area contributed by atoms with Gasteiger partial charge in [0.25, 0.3) is 0 Å². The first-order valence-electron chi connectivity index (χ1n) is 12.1. The molecule has 1 aliphatic rings. The first-order chi connectivity index (χ1) is 18.1. The van der Waals surface area contributed by atoms with Crippen molar-refractivity contribution in [1.29, 1.82) is 5.41 Å². The van der Waals surface area contributed by atoms with E-state index in [4.69, 9.17) is 11.1 Å². The molecule has 0 spiro atoms. The molecule has 0 radical (unpaired) electrons. The third-order valence-corrected chi connectivity index (χ3v) is 6.47. The van der Waals surface area contributed by atoms with Crippen molar-refractivity contribution in [3.8, 4) is 11.1 Å². The third kappa shape index (κ3) is 6.87. The molecule has 0 aliphatic carbocycles. The van der Waals surface area contributed by atoms with Crippen molar-refractivity contribution in [2.45, 2.75) is 12.7 Å². The van der Waals surface area contributed by atoms with Gasteiger partial charge in [-0.15, -0.1) is 0 Å². The summed E-state index contributed by atoms with van der Waals surface area (Å²) in [6.07, 6.45) is -1.77. The van der Waals surface area contributed by atoms with Crippen molar-refractivity contribution < 1.29 is 18.0 Å². The average molecular weight is 526 g/mol. The van der Waals surface area contributed by atoms with Crippen LogP contribution in [0.5, 0.6) is 0 Å². The number of likely N-dealkylation sites (N-methyl/N-ethyl adjacent to an activating group) is 1. The van der Waals surface area contributed by atoms with E-state index >= 15 is 0 Å². The molecule has 2 aromatic carbocycles. The highest BCUT2D eigenvalue weighted by Crippen LogP contribution is 2.34. The number of alkyl halides is 3. The predicted molar refractivity (Wildman–Crippen MR) is 143 cm³/mol. The van der Waals surface area contributed by atoms with Gasteiger partial charge in [0, 0.05) is 67.6 Å². The number of nitrogen functional groups attached to an aromatic ring is 1. The predicted octanol–water partition coefficient (Wildman–Crippen LogP) is 4.15. The number of piperazine rings is 1. The van der Waals surface area contributed by atoms with Crippen LogP contribution in [0.25, 0.3) is 11.1 Å². The molecule has 1 aromatic heterocycles. The van der Waals surface area contributed by atoms with E-state index < -0.39 is 17.6 Å². The molecule has 0 unspecified atom stereocenters. The number of halogens is 3. The topological polar surface area (TPSA) is 110 Å². The van der Waals surface area contributed by atoms with E-state index in [1.54, 1.807) is 24.4 Å². The van der Waals surface area contributed by atoms with Crippen molar-refractivity contribution >= 4 is 29.3 Å². The summed E-state index contributed by atoms with van der Waals surface area (Å²) in [5.41, 5.74) is 8.12. The van der Waals surface area contributed by atoms with Gasteiger partial charge in [-0.25, -0.2) is 4.98 Å². The fourth-order valence-corrected chi connectivity index (χ4v) is 4.24. The minimum absolute atomic E-state index is 0.0967. The lowest BCUT2D eigenvalue weighted by atomic mass is 10.0. The Kier molecular flexibility index (Phi) is 8.28. The summed E-state index contributed by atoms with van der Waals surface area (Å²) in [7, 11) is 1.99. The third-order valence-electron chi connectivity index (χ3n) is 6.47. The van der Waals surface area contributed by atoms with Gasteiger partial charge in [-0.05, 0) is 48.5 Å². The lowest BCUT2D eigenvalue weighted by Crippen LogP contribution is -2.44. The maximum atomic E-state index is 13.8. The van der Waals surface area contributed by atoms with Crippen molar-refractivity contribution in [2.75, 3.05) is 56.1 Å². The Labute approximate surface area is 219 Å². The molecule has 2 heterocycles. The molecule has 1 amide bonds. The fraction of sp³-hybridized carbons (Fsp3) is 0.296. The summed E-state index contributed by atoms with van der Waals surface area (Å²) in [5.74, 6) is -0.188. The van der Waals surface area contributed by atoms with Crippen LogP contribution in [0, 0.1) is 5.41 Å². The maximum absolute atomic E-state index is 13.8. The Morgan fingerprint density at radius 1 is 1.05 bits per heavy atom. The van der Waals surface area contributed by atoms with Crippen molar-refractivity contribution in [1.82, 2.24) is 14.8 Å². The summed E-state index contributed by atoms with van der Waals surface area (Å²) in [5, 5.41) is 12.9. The van der Waals surface area contributed by atoms with E-state index in [2.05, 4.69) is 20.5 Å². The lowest BCUT2D eigenvalue weighted by molar-refractivity contribution is -0.138. The Morgan fingerprint density at radius 3 is 2.39 bits per heavy atom. The molecule has 8 nitrogen and oxygen atoms in total. The van der Waals surface area contributed by atoms with E-state index in [1.165, 1.54) is 12.1 Å². The second-order valence-electron chi connectivity index (χ2n) is 9.27. The standard InChI is InChI=1S/C27H30F3N7O/c1-36-8-10-37(11-9-36)17-19-4-7-23(13-24(19)27(28,29)30)35-25(38)16-33-22-5-2-18(3-6-22)21-12-20(14-31)26(32)34-15-21/h2-7,12-15,31,33H,8-11,16-17H2,1H3,(H2,32,34)(H,35,38). The molecule has 1 aliphatic heterocycles. The SMILES string of the molecule is CN1CCN(Cc2ccc(NC(=O)CNc3ccc(-c4cnc(N)c(C=N)c4)cc3)cc2C(F)(F)F)CC1. The summed E-state index contributed by atoms with van der Waals surface area (Å²) in [6.45, 7) is 3.14. The van der Waals surface area contributed by atoms with Gasteiger partial charge in [-0.1, -0.05) is 18.2 Å². The van der Waals surface area contributed by atoms with Crippen LogP contribution in [0.15, 0.2) is 54.7 Å². The maximum Gasteiger partial charge on any atom is 0.416 e. The second-order valence-corrected chi connectivity index (χ2v) is 9.27. The Bertz CT molecular complexity index is 1290. The van der Waals surface area contributed by atoms with Crippen molar-refractivity contribution in [2.24, 2.45) is 0 Å². The molecule has 0 saturated carbocycles. The van der Waals surface area contributed by atoms with Crippen LogP contribution in [0.2, 0.25) is 0 Å². The van der Waals surface area contributed by atoms with Crippen molar-refractivity contribution in [3.63, 3.8) is 0 Å². The van der Waals surface area contributed by atoms with Gasteiger partial charge in [0.2, 0.25) is 5.91 Å². The number of nitrogens with one attached hydrogen (secondary N) is 3. The Morgan fingerprint density at radius 2 is 1.74 bits per heavy atom. The zero-order valence-electron chi connectivity index (χ0n) is 21.0. The number of benzene rings is 2. The normalized spacial score (nSPS) is 14.7. The minimum Gasteiger partial charge on any atom is -0.383 e. The van der Waals surface area contributed by atoms with E-state index in [-0.39, 0.29) is 30.2 Å². The summed E-state index contributed by atoms with van der Waals surface area (Å²) < 4.78 is 41.4. The summed E-state index contributed by atoms with van der Waals surface area (Å²) >= 11 is 0. The number of rotatable bonds is 8. The van der Waals surface area contributed by atoms with Gasteiger partial charge in [-0.3, -0.25) is 9.69 Å². The summed E-state index contributed by atoms with van der Waals surface area (Å²) in [4.78, 5) is 20.7. The van der Waals surface area contributed by atoms with Crippen LogP contribution in [0.3, 0.4) is 0 Å². The van der Waals surface area contributed by atoms with Crippen LogP contribution in [0.4, 0.5) is 30.4 Å². The van der Waals surface area contributed by atoms with Crippen molar-refractivity contribution in [3.05, 3.63) is 71.4 Å². The number of hydrogen-bond acceptors (Lipinski definition) is 7. The van der Waals surface area contributed by atoms with Gasteiger partial charge < -0.3 is 26.7 Å². The second kappa shape index (κ2) is 11.6. The largest absolute Gasteiger partial charge is 0.416 e. The number of aromatic nitrogens is 1. The van der Waals surface area contributed by atoms with Gasteiger partial charge in [-0.2, -0.15) is 13.2 Å². The number of hydrogen-bond donors (Lipinski definition) is 4. The van der Waals surface area contributed by atoms with Gasteiger partial charge in [0.1, 0.15) is 5.82 Å². The Balaban J connectivity index is 1.36. The highest BCUT2D eigenvalue weighted by atomic mass is 19.4. The van der Waals surface area contributed by atoms with E-state index in [0.29, 0.717) is 24.3 Å². The highest BCUT2D eigenvalue weighted by molar-refractivity contribution is 5.94. The van der Waals surface area contributed by atoms with Gasteiger partial charge in [0.15, 0.2) is 0 Å². The molecule has 200 valence electrons. The van der Waals surface area contributed by atoms with E-state index in [1.807, 2.05) is 24.1 Å². The quantitative estimate of drug-likeness (QED) is 0.329. The molecule has 38 heavy (non-hydrogen) atoms. The van der Waals surface area contributed by atoms with E-state index in [0.717, 1.165) is 36.5 Å². The monoisotopic (exact) mass is 525 g/mol. The minimum atomic E-state index is -4.53. The molecule has 3 aromatic rings. The molecular formula is C27H30F3N7O. The lowest BCUT2D eigenvalue weighted by Gasteiger charge is -2.33. The molecule has 1 saturated heterocycles. The molecular weight excluding hydrogens is 495 g/mol. The van der Waals surface area contributed by atoms with Crippen LogP contribution in [0.1, 0.15) is 16.7 Å². The van der Waals surface area contributed by atoms with E-state index in [9.17, 15) is 18.0 Å². The number of carbonyl (C=O) groups excluding carboxylic acids is 1. The van der Waals surface area contributed by atoms with Crippen LogP contribution >= 0.6 is 0 Å². The molecule has 0 atom stereocenters. The number of amides is 1. The highest BCUT2D eigenvalue weighted by Gasteiger charge is 2.34. The molecule has 4 rings (SSSR count). The molecule has 11 heteroatoms. The zero-order chi connectivity index (χ0) is 27.3. The number of pyridine rings is 1. The zero-order valence-corrected chi connectivity index (χ0v) is 21.0.